The molecule has 0 bridgehead atoms. The van der Waals surface area contributed by atoms with Gasteiger partial charge in [0.1, 0.15) is 0 Å². The summed E-state index contributed by atoms with van der Waals surface area (Å²) in [5.41, 5.74) is 9.68. The van der Waals surface area contributed by atoms with Crippen molar-refractivity contribution in [1.82, 2.24) is 10.5 Å². The first-order valence-electron chi connectivity index (χ1n) is 10.9. The number of anilines is 2. The molecule has 3 aromatic rings. The number of nitrogens with two attached hydrogens (primary N) is 1. The maximum atomic E-state index is 13.1. The molecule has 0 aliphatic heterocycles. The van der Waals surface area contributed by atoms with Crippen molar-refractivity contribution in [2.75, 3.05) is 16.8 Å². The Morgan fingerprint density at radius 3 is 2.35 bits per heavy atom. The van der Waals surface area contributed by atoms with E-state index in [4.69, 9.17) is 10.9 Å². The molecular weight excluding hydrogens is 454 g/mol. The van der Waals surface area contributed by atoms with Crippen LogP contribution in [0.5, 0.6) is 0 Å². The fourth-order valence-corrected chi connectivity index (χ4v) is 4.06. The lowest BCUT2D eigenvalue weighted by molar-refractivity contribution is -0.129. The van der Waals surface area contributed by atoms with Crippen LogP contribution >= 0.6 is 11.3 Å². The second kappa shape index (κ2) is 12.5. The molecule has 10 heteroatoms. The zero-order valence-electron chi connectivity index (χ0n) is 18.6. The molecular formula is C24H27N5O4S. The Morgan fingerprint density at radius 1 is 0.971 bits per heavy atom. The number of nitrogens with one attached hydrogen (secondary N) is 2. The van der Waals surface area contributed by atoms with E-state index in [9.17, 15) is 14.4 Å². The van der Waals surface area contributed by atoms with Crippen molar-refractivity contribution in [3.05, 3.63) is 65.5 Å². The van der Waals surface area contributed by atoms with Crippen LogP contribution in [0.3, 0.4) is 0 Å². The van der Waals surface area contributed by atoms with Gasteiger partial charge in [0.2, 0.25) is 11.8 Å². The Labute approximate surface area is 201 Å². The summed E-state index contributed by atoms with van der Waals surface area (Å²) in [7, 11) is 0. The molecule has 0 fully saturated rings. The Bertz CT molecular complexity index is 1100. The van der Waals surface area contributed by atoms with Crippen LogP contribution in [0, 0.1) is 0 Å². The van der Waals surface area contributed by atoms with Crippen molar-refractivity contribution < 1.29 is 19.6 Å². The fourth-order valence-electron chi connectivity index (χ4n) is 3.35. The topological polar surface area (TPSA) is 138 Å². The molecule has 0 saturated carbocycles. The SMILES string of the molecule is NC(=O)c1ccc(N(CCCCCCC(=O)NO)C(=O)Nc2nc(-c3ccccc3)cs2)cc1. The Kier molecular flexibility index (Phi) is 9.12. The number of aromatic nitrogens is 1. The van der Waals surface area contributed by atoms with Gasteiger partial charge in [0.15, 0.2) is 5.13 Å². The maximum Gasteiger partial charge on any atom is 0.328 e. The van der Waals surface area contributed by atoms with E-state index in [-0.39, 0.29) is 12.5 Å². The number of thiazole rings is 1. The molecule has 34 heavy (non-hydrogen) atoms. The van der Waals surface area contributed by atoms with Gasteiger partial charge in [-0.25, -0.2) is 15.3 Å². The van der Waals surface area contributed by atoms with Crippen molar-refractivity contribution in [3.63, 3.8) is 0 Å². The summed E-state index contributed by atoms with van der Waals surface area (Å²) in [4.78, 5) is 41.8. The van der Waals surface area contributed by atoms with E-state index in [1.54, 1.807) is 34.6 Å². The van der Waals surface area contributed by atoms with E-state index in [2.05, 4.69) is 10.3 Å². The number of urea groups is 1. The summed E-state index contributed by atoms with van der Waals surface area (Å²) >= 11 is 1.34. The average Bonchev–Trinajstić information content (AvgIpc) is 3.32. The number of primary amides is 1. The van der Waals surface area contributed by atoms with Crippen LogP contribution in [0.2, 0.25) is 0 Å². The summed E-state index contributed by atoms with van der Waals surface area (Å²) < 4.78 is 0. The summed E-state index contributed by atoms with van der Waals surface area (Å²) in [6.07, 6.45) is 3.20. The monoisotopic (exact) mass is 481 g/mol. The summed E-state index contributed by atoms with van der Waals surface area (Å²) in [6.45, 7) is 0.435. The number of rotatable bonds is 11. The molecule has 5 N–H and O–H groups in total. The number of carbonyl (C=O) groups is 3. The quantitative estimate of drug-likeness (QED) is 0.183. The highest BCUT2D eigenvalue weighted by Gasteiger charge is 2.18. The zero-order valence-corrected chi connectivity index (χ0v) is 19.4. The zero-order chi connectivity index (χ0) is 24.3. The molecule has 3 rings (SSSR count). The van der Waals surface area contributed by atoms with Crippen molar-refractivity contribution in [2.45, 2.75) is 32.1 Å². The molecule has 0 spiro atoms. The number of hydrogen-bond donors (Lipinski definition) is 4. The van der Waals surface area contributed by atoms with Crippen LogP contribution in [-0.4, -0.2) is 34.6 Å². The van der Waals surface area contributed by atoms with E-state index >= 15 is 0 Å². The molecule has 0 aliphatic carbocycles. The predicted molar refractivity (Wildman–Crippen MR) is 132 cm³/mol. The normalized spacial score (nSPS) is 10.5. The standard InChI is InChI=1S/C24H27N5O4S/c25-22(31)18-11-13-19(14-12-18)29(15-7-2-1-6-10-21(30)28-33)24(32)27-23-26-20(16-34-23)17-8-4-3-5-9-17/h3-5,8-9,11-14,16,33H,1-2,6-7,10,15H2,(H2,25,31)(H,28,30)(H,26,27,32). The van der Waals surface area contributed by atoms with Gasteiger partial charge in [-0.1, -0.05) is 43.2 Å². The largest absolute Gasteiger partial charge is 0.366 e. The maximum absolute atomic E-state index is 13.1. The number of unbranched alkanes of at least 4 members (excludes halogenated alkanes) is 3. The van der Waals surface area contributed by atoms with Crippen LogP contribution in [-0.2, 0) is 4.79 Å². The van der Waals surface area contributed by atoms with Gasteiger partial charge in [-0.05, 0) is 37.1 Å². The van der Waals surface area contributed by atoms with E-state index in [0.717, 1.165) is 24.1 Å². The number of amides is 4. The molecule has 4 amide bonds. The van der Waals surface area contributed by atoms with E-state index in [1.807, 2.05) is 35.7 Å². The first kappa shape index (κ1) is 24.9. The minimum Gasteiger partial charge on any atom is -0.366 e. The highest BCUT2D eigenvalue weighted by Crippen LogP contribution is 2.26. The summed E-state index contributed by atoms with van der Waals surface area (Å²) in [5, 5.41) is 13.8. The molecule has 0 atom stereocenters. The first-order chi connectivity index (χ1) is 16.5. The number of hydrogen-bond acceptors (Lipinski definition) is 6. The van der Waals surface area contributed by atoms with Crippen LogP contribution < -0.4 is 21.4 Å². The van der Waals surface area contributed by atoms with Crippen molar-refractivity contribution in [3.8, 4) is 11.3 Å². The molecule has 1 aromatic heterocycles. The molecule has 0 aliphatic rings. The summed E-state index contributed by atoms with van der Waals surface area (Å²) in [5.74, 6) is -0.945. The van der Waals surface area contributed by atoms with Gasteiger partial charge in [-0.2, -0.15) is 0 Å². The number of benzene rings is 2. The number of nitrogens with zero attached hydrogens (tertiary/aromatic N) is 2. The molecule has 0 radical (unpaired) electrons. The lowest BCUT2D eigenvalue weighted by Crippen LogP contribution is -2.35. The molecule has 0 unspecified atom stereocenters. The molecule has 2 aromatic carbocycles. The lowest BCUT2D eigenvalue weighted by atomic mass is 10.1. The van der Waals surface area contributed by atoms with Gasteiger partial charge in [-0.15, -0.1) is 11.3 Å². The molecule has 178 valence electrons. The van der Waals surface area contributed by atoms with E-state index in [0.29, 0.717) is 35.8 Å². The second-order valence-corrected chi connectivity index (χ2v) is 8.45. The van der Waals surface area contributed by atoms with Gasteiger partial charge in [-0.3, -0.25) is 25.0 Å². The summed E-state index contributed by atoms with van der Waals surface area (Å²) in [6, 6.07) is 15.9. The lowest BCUT2D eigenvalue weighted by Gasteiger charge is -2.23. The third-order valence-corrected chi connectivity index (χ3v) is 5.91. The first-order valence-corrected chi connectivity index (χ1v) is 11.8. The third-order valence-electron chi connectivity index (χ3n) is 5.16. The van der Waals surface area contributed by atoms with Gasteiger partial charge < -0.3 is 5.73 Å². The van der Waals surface area contributed by atoms with Gasteiger partial charge >= 0.3 is 6.03 Å². The predicted octanol–water partition coefficient (Wildman–Crippen LogP) is 4.40. The van der Waals surface area contributed by atoms with Crippen LogP contribution in [0.15, 0.2) is 60.0 Å². The average molecular weight is 482 g/mol. The Hall–Kier alpha value is -3.76. The van der Waals surface area contributed by atoms with Crippen molar-refractivity contribution in [2.24, 2.45) is 5.73 Å². The third kappa shape index (κ3) is 7.12. The fraction of sp³-hybridized carbons (Fsp3) is 0.250. The van der Waals surface area contributed by atoms with Crippen LogP contribution in [0.1, 0.15) is 42.5 Å². The Morgan fingerprint density at radius 2 is 1.68 bits per heavy atom. The number of hydroxylamine groups is 1. The van der Waals surface area contributed by atoms with Gasteiger partial charge in [0.25, 0.3) is 0 Å². The smallest absolute Gasteiger partial charge is 0.328 e. The highest BCUT2D eigenvalue weighted by molar-refractivity contribution is 7.14. The van der Waals surface area contributed by atoms with E-state index < -0.39 is 11.8 Å². The van der Waals surface area contributed by atoms with Crippen LogP contribution in [0.25, 0.3) is 11.3 Å². The molecule has 0 saturated heterocycles. The second-order valence-electron chi connectivity index (χ2n) is 7.60. The van der Waals surface area contributed by atoms with Crippen molar-refractivity contribution in [1.29, 1.82) is 0 Å². The Balaban J connectivity index is 1.65. The number of carbonyl (C=O) groups excluding carboxylic acids is 3. The highest BCUT2D eigenvalue weighted by atomic mass is 32.1. The van der Waals surface area contributed by atoms with Crippen molar-refractivity contribution >= 4 is 40.0 Å². The van der Waals surface area contributed by atoms with Gasteiger partial charge in [0, 0.05) is 35.2 Å². The van der Waals surface area contributed by atoms with Crippen LogP contribution in [0.4, 0.5) is 15.6 Å². The minimum absolute atomic E-state index is 0.253. The van der Waals surface area contributed by atoms with E-state index in [1.165, 1.54) is 11.3 Å². The van der Waals surface area contributed by atoms with Gasteiger partial charge in [0.05, 0.1) is 5.69 Å². The molecule has 9 nitrogen and oxygen atoms in total. The minimum atomic E-state index is -0.536. The molecule has 1 heterocycles.